The number of ether oxygens (including phenoxy) is 2. The van der Waals surface area contributed by atoms with E-state index in [1.807, 2.05) is 19.9 Å². The zero-order valence-corrected chi connectivity index (χ0v) is 15.7. The average molecular weight is 354 g/mol. The molecule has 3 aromatic rings. The van der Waals surface area contributed by atoms with Crippen LogP contribution in [0.5, 0.6) is 11.8 Å². The van der Waals surface area contributed by atoms with Crippen molar-refractivity contribution in [2.45, 2.75) is 46.6 Å². The van der Waals surface area contributed by atoms with Gasteiger partial charge in [0.25, 0.3) is 11.8 Å². The van der Waals surface area contributed by atoms with Crippen LogP contribution in [0.1, 0.15) is 45.0 Å². The van der Waals surface area contributed by atoms with Crippen LogP contribution in [0.4, 0.5) is 0 Å². The minimum Gasteiger partial charge on any atom is -0.475 e. The third kappa shape index (κ3) is 3.79. The number of hydrogen-bond donors (Lipinski definition) is 0. The summed E-state index contributed by atoms with van der Waals surface area (Å²) in [6, 6.07) is 10.4. The van der Waals surface area contributed by atoms with Gasteiger partial charge in [0.2, 0.25) is 0 Å². The van der Waals surface area contributed by atoms with Gasteiger partial charge in [0.15, 0.2) is 5.52 Å². The first-order valence-corrected chi connectivity index (χ1v) is 9.33. The highest BCUT2D eigenvalue weighted by Crippen LogP contribution is 2.31. The second-order valence-corrected chi connectivity index (χ2v) is 6.08. The predicted molar refractivity (Wildman–Crippen MR) is 102 cm³/mol. The first-order valence-electron chi connectivity index (χ1n) is 9.33. The van der Waals surface area contributed by atoms with E-state index in [4.69, 9.17) is 14.5 Å². The lowest BCUT2D eigenvalue weighted by Gasteiger charge is -2.12. The quantitative estimate of drug-likeness (QED) is 0.581. The summed E-state index contributed by atoms with van der Waals surface area (Å²) in [4.78, 5) is 4.86. The molecule has 0 spiro atoms. The summed E-state index contributed by atoms with van der Waals surface area (Å²) in [7, 11) is 0. The topological polar surface area (TPSA) is 62.1 Å². The van der Waals surface area contributed by atoms with Crippen molar-refractivity contribution >= 4 is 11.0 Å². The summed E-state index contributed by atoms with van der Waals surface area (Å²) >= 11 is 0. The van der Waals surface area contributed by atoms with E-state index >= 15 is 0 Å². The molecule has 6 nitrogen and oxygen atoms in total. The van der Waals surface area contributed by atoms with E-state index in [9.17, 15) is 0 Å². The Labute approximate surface area is 154 Å². The zero-order valence-electron chi connectivity index (χ0n) is 15.7. The minimum atomic E-state index is 0.468. The van der Waals surface area contributed by atoms with Crippen LogP contribution in [-0.2, 0) is 13.0 Å². The van der Waals surface area contributed by atoms with Gasteiger partial charge in [-0.25, -0.2) is 4.98 Å². The lowest BCUT2D eigenvalue weighted by Crippen LogP contribution is -2.08. The van der Waals surface area contributed by atoms with Crippen LogP contribution < -0.4 is 9.47 Å². The molecule has 0 bridgehead atoms. The van der Waals surface area contributed by atoms with Gasteiger partial charge >= 0.3 is 0 Å². The van der Waals surface area contributed by atoms with Gasteiger partial charge in [-0.1, -0.05) is 43.7 Å². The highest BCUT2D eigenvalue weighted by molar-refractivity contribution is 5.85. The van der Waals surface area contributed by atoms with E-state index < -0.39 is 0 Å². The number of fused-ring (bicyclic) bond motifs is 1. The number of aromatic nitrogens is 4. The fraction of sp³-hybridized carbons (Fsp3) is 0.450. The van der Waals surface area contributed by atoms with E-state index in [0.29, 0.717) is 31.5 Å². The van der Waals surface area contributed by atoms with Gasteiger partial charge in [-0.2, -0.15) is 0 Å². The van der Waals surface area contributed by atoms with E-state index in [0.717, 1.165) is 36.1 Å². The number of hydrogen-bond acceptors (Lipinski definition) is 5. The lowest BCUT2D eigenvalue weighted by molar-refractivity contribution is 0.308. The minimum absolute atomic E-state index is 0.468. The van der Waals surface area contributed by atoms with E-state index in [2.05, 4.69) is 46.0 Å². The molecule has 0 saturated heterocycles. The van der Waals surface area contributed by atoms with Gasteiger partial charge in [-0.05, 0) is 25.8 Å². The van der Waals surface area contributed by atoms with Crippen LogP contribution in [0.15, 0.2) is 30.3 Å². The molecule has 26 heavy (non-hydrogen) atoms. The molecule has 3 rings (SSSR count). The molecule has 0 amide bonds. The molecule has 1 aromatic carbocycles. The van der Waals surface area contributed by atoms with Gasteiger partial charge in [0.05, 0.1) is 13.2 Å². The molecular weight excluding hydrogens is 328 g/mol. The maximum atomic E-state index is 5.76. The Balaban J connectivity index is 2.17. The number of benzene rings is 1. The number of aryl methyl sites for hydroxylation is 1. The highest BCUT2D eigenvalue weighted by Gasteiger charge is 2.21. The SMILES string of the molecule is CCCCc1nc2c(OCC)nnc(OCC)c2n1Cc1ccccc1. The van der Waals surface area contributed by atoms with Crippen LogP contribution in [0, 0.1) is 0 Å². The van der Waals surface area contributed by atoms with Gasteiger partial charge < -0.3 is 14.0 Å². The third-order valence-electron chi connectivity index (χ3n) is 4.18. The fourth-order valence-electron chi connectivity index (χ4n) is 2.98. The molecule has 0 N–H and O–H groups in total. The molecule has 0 radical (unpaired) electrons. The molecule has 0 aliphatic rings. The van der Waals surface area contributed by atoms with Crippen molar-refractivity contribution in [1.82, 2.24) is 19.7 Å². The number of imidazole rings is 1. The second-order valence-electron chi connectivity index (χ2n) is 6.08. The Kier molecular flexibility index (Phi) is 6.04. The molecule has 0 atom stereocenters. The number of nitrogens with zero attached hydrogens (tertiary/aromatic N) is 4. The molecule has 0 fully saturated rings. The van der Waals surface area contributed by atoms with Gasteiger partial charge in [0.1, 0.15) is 11.3 Å². The zero-order chi connectivity index (χ0) is 18.4. The summed E-state index contributed by atoms with van der Waals surface area (Å²) in [5.41, 5.74) is 2.80. The van der Waals surface area contributed by atoms with Crippen molar-refractivity contribution < 1.29 is 9.47 Å². The number of rotatable bonds is 9. The van der Waals surface area contributed by atoms with Gasteiger partial charge in [0, 0.05) is 13.0 Å². The van der Waals surface area contributed by atoms with E-state index in [-0.39, 0.29) is 0 Å². The van der Waals surface area contributed by atoms with Gasteiger partial charge in [-0.3, -0.25) is 0 Å². The molecule has 2 heterocycles. The first-order chi connectivity index (χ1) is 12.8. The molecule has 6 heteroatoms. The van der Waals surface area contributed by atoms with Crippen LogP contribution >= 0.6 is 0 Å². The monoisotopic (exact) mass is 354 g/mol. The van der Waals surface area contributed by atoms with Gasteiger partial charge in [-0.15, -0.1) is 10.2 Å². The maximum Gasteiger partial charge on any atom is 0.262 e. The van der Waals surface area contributed by atoms with Crippen LogP contribution in [-0.4, -0.2) is 33.0 Å². The lowest BCUT2D eigenvalue weighted by atomic mass is 10.2. The number of unbranched alkanes of at least 4 members (excludes halogenated alkanes) is 1. The average Bonchev–Trinajstić information content (AvgIpc) is 3.02. The summed E-state index contributed by atoms with van der Waals surface area (Å²) < 4.78 is 13.6. The molecule has 0 saturated carbocycles. The molecule has 0 unspecified atom stereocenters. The third-order valence-corrected chi connectivity index (χ3v) is 4.18. The summed E-state index contributed by atoms with van der Waals surface area (Å²) in [6.45, 7) is 7.83. The summed E-state index contributed by atoms with van der Waals surface area (Å²) in [5, 5.41) is 8.44. The largest absolute Gasteiger partial charge is 0.475 e. The Morgan fingerprint density at radius 1 is 0.923 bits per heavy atom. The molecule has 2 aromatic heterocycles. The Bertz CT molecular complexity index is 846. The van der Waals surface area contributed by atoms with Crippen molar-refractivity contribution in [3.63, 3.8) is 0 Å². The summed E-state index contributed by atoms with van der Waals surface area (Å²) in [5.74, 6) is 2.00. The van der Waals surface area contributed by atoms with Crippen LogP contribution in [0.25, 0.3) is 11.0 Å². The van der Waals surface area contributed by atoms with Crippen molar-refractivity contribution in [1.29, 1.82) is 0 Å². The maximum absolute atomic E-state index is 5.76. The van der Waals surface area contributed by atoms with Crippen molar-refractivity contribution in [3.8, 4) is 11.8 Å². The molecule has 0 aliphatic heterocycles. The Hall–Kier alpha value is -2.63. The molecule has 0 aliphatic carbocycles. The smallest absolute Gasteiger partial charge is 0.262 e. The molecular formula is C20H26N4O2. The Morgan fingerprint density at radius 3 is 2.31 bits per heavy atom. The van der Waals surface area contributed by atoms with Crippen molar-refractivity contribution in [2.24, 2.45) is 0 Å². The predicted octanol–water partition coefficient (Wildman–Crippen LogP) is 4.01. The van der Waals surface area contributed by atoms with E-state index in [1.54, 1.807) is 0 Å². The fourth-order valence-corrected chi connectivity index (χ4v) is 2.98. The molecule has 138 valence electrons. The van der Waals surface area contributed by atoms with Crippen LogP contribution in [0.3, 0.4) is 0 Å². The van der Waals surface area contributed by atoms with Crippen molar-refractivity contribution in [3.05, 3.63) is 41.7 Å². The highest BCUT2D eigenvalue weighted by atomic mass is 16.5. The van der Waals surface area contributed by atoms with E-state index in [1.165, 1.54) is 5.56 Å². The normalized spacial score (nSPS) is 11.0. The second kappa shape index (κ2) is 8.65. The Morgan fingerprint density at radius 2 is 1.62 bits per heavy atom. The summed E-state index contributed by atoms with van der Waals surface area (Å²) in [6.07, 6.45) is 3.09. The standard InChI is InChI=1S/C20H26N4O2/c1-4-7-13-16-21-17-18(24(16)14-15-11-9-8-10-12-15)20(26-6-3)23-22-19(17)25-5-2/h8-12H,4-7,13-14H2,1-3H3. The van der Waals surface area contributed by atoms with Crippen molar-refractivity contribution in [2.75, 3.05) is 13.2 Å². The first kappa shape index (κ1) is 18.2. The van der Waals surface area contributed by atoms with Crippen LogP contribution in [0.2, 0.25) is 0 Å².